The van der Waals surface area contributed by atoms with Crippen LogP contribution in [-0.4, -0.2) is 15.2 Å². The van der Waals surface area contributed by atoms with Crippen LogP contribution >= 0.6 is 11.3 Å². The van der Waals surface area contributed by atoms with Gasteiger partial charge >= 0.3 is 0 Å². The molecule has 2 aromatic heterocycles. The number of benzene rings is 2. The number of nitrogens with zero attached hydrogens (tertiary/aromatic N) is 3. The molecule has 0 saturated heterocycles. The van der Waals surface area contributed by atoms with E-state index in [4.69, 9.17) is 4.98 Å². The fourth-order valence-corrected chi connectivity index (χ4v) is 4.01. The largest absolute Gasteiger partial charge is 0.338 e. The highest BCUT2D eigenvalue weighted by Gasteiger charge is 2.27. The maximum atomic E-state index is 13.0. The molecule has 3 heterocycles. The first-order valence-corrected chi connectivity index (χ1v) is 8.77. The number of hydrogen-bond donors (Lipinski definition) is 2. The van der Waals surface area contributed by atoms with Gasteiger partial charge in [-0.05, 0) is 36.4 Å². The number of aromatic nitrogens is 3. The number of hydrogen-bond acceptors (Lipinski definition) is 5. The third kappa shape index (κ3) is 2.53. The van der Waals surface area contributed by atoms with Crippen LogP contribution in [0, 0.1) is 5.82 Å². The van der Waals surface area contributed by atoms with Crippen molar-refractivity contribution in [3.63, 3.8) is 0 Å². The summed E-state index contributed by atoms with van der Waals surface area (Å²) in [6.07, 6.45) is 0. The minimum Gasteiger partial charge on any atom is -0.338 e. The first kappa shape index (κ1) is 14.4. The van der Waals surface area contributed by atoms with Gasteiger partial charge < -0.3 is 10.2 Å². The number of H-pyrrole nitrogens is 1. The number of nitrogens with one attached hydrogen (secondary N) is 2. The van der Waals surface area contributed by atoms with Gasteiger partial charge in [-0.25, -0.2) is 9.37 Å². The number of thiazole rings is 1. The molecule has 0 spiro atoms. The van der Waals surface area contributed by atoms with Crippen LogP contribution < -0.4 is 10.2 Å². The second-order valence-corrected chi connectivity index (χ2v) is 6.99. The maximum Gasteiger partial charge on any atom is 0.187 e. The summed E-state index contributed by atoms with van der Waals surface area (Å²) in [5.74, 6) is 0.532. The first-order valence-electron chi connectivity index (χ1n) is 7.95. The van der Waals surface area contributed by atoms with Crippen LogP contribution in [-0.2, 0) is 13.1 Å². The predicted octanol–water partition coefficient (Wildman–Crippen LogP) is 4.42. The summed E-state index contributed by atoms with van der Waals surface area (Å²) < 4.78 is 14.2. The van der Waals surface area contributed by atoms with Crippen LogP contribution in [0.5, 0.6) is 0 Å². The highest BCUT2D eigenvalue weighted by atomic mass is 32.1. The van der Waals surface area contributed by atoms with E-state index in [2.05, 4.69) is 26.5 Å². The van der Waals surface area contributed by atoms with Crippen LogP contribution in [0.3, 0.4) is 0 Å². The molecule has 5 nitrogen and oxygen atoms in total. The second kappa shape index (κ2) is 5.56. The lowest BCUT2D eigenvalue weighted by Crippen LogP contribution is -2.15. The normalized spacial score (nSPS) is 13.4. The summed E-state index contributed by atoms with van der Waals surface area (Å²) in [7, 11) is 0. The Labute approximate surface area is 147 Å². The maximum absolute atomic E-state index is 13.0. The van der Waals surface area contributed by atoms with Gasteiger partial charge in [0.05, 0.1) is 29.0 Å². The van der Waals surface area contributed by atoms with Crippen molar-refractivity contribution in [3.05, 3.63) is 65.6 Å². The molecule has 0 radical (unpaired) electrons. The van der Waals surface area contributed by atoms with Gasteiger partial charge in [-0.15, -0.1) is 0 Å². The monoisotopic (exact) mass is 351 g/mol. The van der Waals surface area contributed by atoms with Crippen molar-refractivity contribution >= 4 is 38.2 Å². The molecular weight excluding hydrogens is 337 g/mol. The van der Waals surface area contributed by atoms with E-state index < -0.39 is 0 Å². The zero-order chi connectivity index (χ0) is 16.8. The Morgan fingerprint density at radius 2 is 1.92 bits per heavy atom. The van der Waals surface area contributed by atoms with E-state index in [0.717, 1.165) is 46.5 Å². The number of rotatable bonds is 3. The van der Waals surface area contributed by atoms with Crippen molar-refractivity contribution < 1.29 is 4.39 Å². The molecule has 124 valence electrons. The van der Waals surface area contributed by atoms with Crippen molar-refractivity contribution in [1.29, 1.82) is 0 Å². The van der Waals surface area contributed by atoms with Gasteiger partial charge in [-0.1, -0.05) is 23.5 Å². The Bertz CT molecular complexity index is 1020. The summed E-state index contributed by atoms with van der Waals surface area (Å²) in [5, 5.41) is 11.7. The van der Waals surface area contributed by atoms with Gasteiger partial charge in [-0.3, -0.25) is 5.10 Å². The van der Waals surface area contributed by atoms with Gasteiger partial charge in [0, 0.05) is 11.3 Å². The van der Waals surface area contributed by atoms with E-state index in [1.807, 2.05) is 18.2 Å². The van der Waals surface area contributed by atoms with E-state index in [9.17, 15) is 4.39 Å². The molecule has 1 aliphatic rings. The summed E-state index contributed by atoms with van der Waals surface area (Å²) in [6, 6.07) is 14.4. The van der Waals surface area contributed by atoms with Crippen LogP contribution in [0.1, 0.15) is 11.3 Å². The number of para-hydroxylation sites is 1. The summed E-state index contributed by atoms with van der Waals surface area (Å²) in [6.45, 7) is 1.50. The molecule has 0 aliphatic carbocycles. The van der Waals surface area contributed by atoms with Gasteiger partial charge in [-0.2, -0.15) is 5.10 Å². The van der Waals surface area contributed by atoms with Crippen molar-refractivity contribution in [2.24, 2.45) is 0 Å². The van der Waals surface area contributed by atoms with Gasteiger partial charge in [0.25, 0.3) is 0 Å². The Kier molecular flexibility index (Phi) is 3.21. The molecule has 0 unspecified atom stereocenters. The number of halogens is 1. The molecule has 0 amide bonds. The number of aromatic amines is 1. The Balaban J connectivity index is 1.40. The molecule has 0 bridgehead atoms. The van der Waals surface area contributed by atoms with E-state index >= 15 is 0 Å². The van der Waals surface area contributed by atoms with Crippen LogP contribution in [0.25, 0.3) is 10.2 Å². The highest BCUT2D eigenvalue weighted by molar-refractivity contribution is 7.22. The minimum absolute atomic E-state index is 0.250. The van der Waals surface area contributed by atoms with Crippen LogP contribution in [0.4, 0.5) is 21.0 Å². The van der Waals surface area contributed by atoms with Gasteiger partial charge in [0.15, 0.2) is 10.9 Å². The van der Waals surface area contributed by atoms with Crippen molar-refractivity contribution in [2.45, 2.75) is 13.1 Å². The molecule has 2 N–H and O–H groups in total. The Morgan fingerprint density at radius 3 is 2.76 bits per heavy atom. The lowest BCUT2D eigenvalue weighted by atomic mass is 10.2. The highest BCUT2D eigenvalue weighted by Crippen LogP contribution is 2.36. The Morgan fingerprint density at radius 1 is 1.08 bits per heavy atom. The second-order valence-electron chi connectivity index (χ2n) is 5.98. The molecule has 2 aromatic carbocycles. The van der Waals surface area contributed by atoms with E-state index in [1.165, 1.54) is 16.8 Å². The average molecular weight is 351 g/mol. The molecular formula is C18H14FN5S. The first-order chi connectivity index (χ1) is 12.3. The van der Waals surface area contributed by atoms with Crippen LogP contribution in [0.2, 0.25) is 0 Å². The molecule has 0 atom stereocenters. The smallest absolute Gasteiger partial charge is 0.187 e. The van der Waals surface area contributed by atoms with Crippen molar-refractivity contribution in [2.75, 3.05) is 10.2 Å². The topological polar surface area (TPSA) is 56.8 Å². The molecule has 0 fully saturated rings. The summed E-state index contributed by atoms with van der Waals surface area (Å²) in [5.41, 5.74) is 4.06. The van der Waals surface area contributed by atoms with E-state index in [0.29, 0.717) is 0 Å². The zero-order valence-corrected chi connectivity index (χ0v) is 14.0. The fraction of sp³-hybridized carbons (Fsp3) is 0.111. The molecule has 5 rings (SSSR count). The van der Waals surface area contributed by atoms with Crippen molar-refractivity contribution in [1.82, 2.24) is 15.2 Å². The number of fused-ring (bicyclic) bond motifs is 2. The van der Waals surface area contributed by atoms with Gasteiger partial charge in [0.2, 0.25) is 0 Å². The third-order valence-corrected chi connectivity index (χ3v) is 5.41. The summed E-state index contributed by atoms with van der Waals surface area (Å²) >= 11 is 1.70. The van der Waals surface area contributed by atoms with Crippen molar-refractivity contribution in [3.8, 4) is 0 Å². The zero-order valence-electron chi connectivity index (χ0n) is 13.2. The fourth-order valence-electron chi connectivity index (χ4n) is 3.04. The Hall–Kier alpha value is -2.93. The average Bonchev–Trinajstić information content (AvgIpc) is 3.31. The lowest BCUT2D eigenvalue weighted by molar-refractivity contribution is 0.628. The third-order valence-electron chi connectivity index (χ3n) is 4.31. The molecule has 4 aromatic rings. The molecule has 7 heteroatoms. The lowest BCUT2D eigenvalue weighted by Gasteiger charge is -2.13. The van der Waals surface area contributed by atoms with E-state index in [-0.39, 0.29) is 5.82 Å². The quantitative estimate of drug-likeness (QED) is 0.574. The molecule has 0 saturated carbocycles. The van der Waals surface area contributed by atoms with Crippen LogP contribution in [0.15, 0.2) is 48.5 Å². The number of anilines is 3. The predicted molar refractivity (Wildman–Crippen MR) is 97.8 cm³/mol. The standard InChI is InChI=1S/C18H14FN5S/c19-11-5-7-12(8-6-11)20-17-13-9-24(10-15(13)22-23-17)18-21-14-3-1-2-4-16(14)25-18/h1-8H,9-10H2,(H2,20,22,23). The van der Waals surface area contributed by atoms with Gasteiger partial charge in [0.1, 0.15) is 5.82 Å². The van der Waals surface area contributed by atoms with E-state index in [1.54, 1.807) is 23.5 Å². The minimum atomic E-state index is -0.250. The summed E-state index contributed by atoms with van der Waals surface area (Å²) in [4.78, 5) is 6.97. The molecule has 25 heavy (non-hydrogen) atoms. The molecule has 1 aliphatic heterocycles. The SMILES string of the molecule is Fc1ccc(Nc2n[nH]c3c2CN(c2nc4ccccc4s2)C3)cc1.